The molecule has 0 aliphatic carbocycles. The summed E-state index contributed by atoms with van der Waals surface area (Å²) in [6, 6.07) is 0. The Bertz CT molecular complexity index is 494. The summed E-state index contributed by atoms with van der Waals surface area (Å²) < 4.78 is 53.5. The maximum absolute atomic E-state index is 13.5. The lowest BCUT2D eigenvalue weighted by atomic mass is 10.00. The number of hydrogen-bond donors (Lipinski definition) is 4. The second kappa shape index (κ2) is 5.51. The van der Waals surface area contributed by atoms with Gasteiger partial charge < -0.3 is 21.1 Å². The van der Waals surface area contributed by atoms with Gasteiger partial charge in [0, 0.05) is 6.54 Å². The number of carboxylic acids is 1. The highest BCUT2D eigenvalue weighted by Crippen LogP contribution is 2.30. The Morgan fingerprint density at radius 2 is 1.47 bits per heavy atom. The van der Waals surface area contributed by atoms with E-state index in [1.165, 1.54) is 0 Å². The van der Waals surface area contributed by atoms with E-state index in [-0.39, 0.29) is 0 Å². The number of carbonyl (C=O) groups is 1. The van der Waals surface area contributed by atoms with Crippen LogP contribution in [0.15, 0.2) is 0 Å². The van der Waals surface area contributed by atoms with Crippen molar-refractivity contribution in [3.63, 3.8) is 0 Å². The lowest BCUT2D eigenvalue weighted by molar-refractivity contribution is 0.0188. The van der Waals surface area contributed by atoms with Crippen molar-refractivity contribution in [1.29, 1.82) is 0 Å². The third-order valence-electron chi connectivity index (χ3n) is 2.41. The number of aliphatic hydroxyl groups excluding tert-OH is 2. The third-order valence-corrected chi connectivity index (χ3v) is 2.41. The fraction of sp³-hybridized carbons (Fsp3) is 0.300. The van der Waals surface area contributed by atoms with Crippen molar-refractivity contribution < 1.29 is 37.7 Å². The molecule has 19 heavy (non-hydrogen) atoms. The largest absolute Gasteiger partial charge is 0.477 e. The average Bonchev–Trinajstić information content (AvgIpc) is 2.35. The summed E-state index contributed by atoms with van der Waals surface area (Å²) in [5, 5.41) is 26.9. The molecular weight excluding hydrogens is 274 g/mol. The van der Waals surface area contributed by atoms with Crippen LogP contribution in [0.25, 0.3) is 0 Å². The van der Waals surface area contributed by atoms with E-state index in [0.29, 0.717) is 0 Å². The van der Waals surface area contributed by atoms with Gasteiger partial charge in [0.05, 0.1) is 11.7 Å². The molecule has 2 unspecified atom stereocenters. The highest BCUT2D eigenvalue weighted by atomic mass is 19.2. The smallest absolute Gasteiger partial charge is 0.341 e. The van der Waals surface area contributed by atoms with Gasteiger partial charge in [0.2, 0.25) is 0 Å². The molecule has 5 N–H and O–H groups in total. The summed E-state index contributed by atoms with van der Waals surface area (Å²) in [7, 11) is 0. The Morgan fingerprint density at radius 3 is 1.79 bits per heavy atom. The maximum atomic E-state index is 13.5. The van der Waals surface area contributed by atoms with Crippen LogP contribution in [-0.2, 0) is 0 Å². The molecule has 0 aliphatic rings. The van der Waals surface area contributed by atoms with Gasteiger partial charge in [-0.25, -0.2) is 22.4 Å². The molecule has 2 atom stereocenters. The van der Waals surface area contributed by atoms with E-state index >= 15 is 0 Å². The molecule has 1 aromatic carbocycles. The van der Waals surface area contributed by atoms with Gasteiger partial charge in [-0.1, -0.05) is 0 Å². The molecule has 9 heteroatoms. The van der Waals surface area contributed by atoms with Crippen molar-refractivity contribution in [3.8, 4) is 0 Å². The van der Waals surface area contributed by atoms with Gasteiger partial charge in [-0.3, -0.25) is 0 Å². The fourth-order valence-electron chi connectivity index (χ4n) is 1.42. The first-order valence-corrected chi connectivity index (χ1v) is 4.89. The van der Waals surface area contributed by atoms with E-state index in [1.807, 2.05) is 0 Å². The number of aromatic carboxylic acids is 1. The normalized spacial score (nSPS) is 14.3. The molecule has 5 nitrogen and oxygen atoms in total. The SMILES string of the molecule is NCC(O)C(O)c1c(F)c(F)c(C(=O)O)c(F)c1F. The second-order valence-corrected chi connectivity index (χ2v) is 3.60. The topological polar surface area (TPSA) is 104 Å². The van der Waals surface area contributed by atoms with Gasteiger partial charge in [0.1, 0.15) is 11.7 Å². The maximum Gasteiger partial charge on any atom is 0.341 e. The van der Waals surface area contributed by atoms with Crippen molar-refractivity contribution in [2.75, 3.05) is 6.54 Å². The molecule has 1 rings (SSSR count). The Labute approximate surface area is 103 Å². The van der Waals surface area contributed by atoms with Gasteiger partial charge >= 0.3 is 5.97 Å². The molecule has 0 spiro atoms. The minimum Gasteiger partial charge on any atom is -0.477 e. The Balaban J connectivity index is 3.57. The summed E-state index contributed by atoms with van der Waals surface area (Å²) in [5.41, 5.74) is 1.59. The zero-order valence-corrected chi connectivity index (χ0v) is 9.20. The minimum atomic E-state index is -2.34. The monoisotopic (exact) mass is 283 g/mol. The molecule has 0 saturated carbocycles. The fourth-order valence-corrected chi connectivity index (χ4v) is 1.42. The number of benzene rings is 1. The Hall–Kier alpha value is -1.71. The summed E-state index contributed by atoms with van der Waals surface area (Å²) in [6.07, 6.45) is -4.21. The van der Waals surface area contributed by atoms with Crippen molar-refractivity contribution in [3.05, 3.63) is 34.4 Å². The number of nitrogens with two attached hydrogens (primary N) is 1. The van der Waals surface area contributed by atoms with Gasteiger partial charge in [0.25, 0.3) is 0 Å². The van der Waals surface area contributed by atoms with E-state index in [9.17, 15) is 27.5 Å². The van der Waals surface area contributed by atoms with Gasteiger partial charge in [-0.15, -0.1) is 0 Å². The number of rotatable bonds is 4. The van der Waals surface area contributed by atoms with Crippen molar-refractivity contribution >= 4 is 5.97 Å². The third kappa shape index (κ3) is 2.53. The molecular formula is C10H9F4NO4. The molecule has 0 aromatic heterocycles. The van der Waals surface area contributed by atoms with Crippen LogP contribution >= 0.6 is 0 Å². The number of aliphatic hydroxyl groups is 2. The second-order valence-electron chi connectivity index (χ2n) is 3.60. The summed E-state index contributed by atoms with van der Waals surface area (Å²) in [6.45, 7) is -0.635. The standard InChI is InChI=1S/C10H9F4NO4/c11-5-3(9(17)2(16)1-15)6(12)8(14)4(7(5)13)10(18)19/h2,9,16-17H,1,15H2,(H,18,19). The number of carboxylic acid groups (broad SMARTS) is 1. The quantitative estimate of drug-likeness (QED) is 0.470. The van der Waals surface area contributed by atoms with E-state index in [0.717, 1.165) is 0 Å². The zero-order chi connectivity index (χ0) is 14.9. The zero-order valence-electron chi connectivity index (χ0n) is 9.20. The number of hydrogen-bond acceptors (Lipinski definition) is 4. The van der Waals surface area contributed by atoms with Crippen molar-refractivity contribution in [2.24, 2.45) is 5.73 Å². The summed E-state index contributed by atoms with van der Waals surface area (Å²) in [4.78, 5) is 10.5. The predicted octanol–water partition coefficient (Wildman–Crippen LogP) is 0.294. The van der Waals surface area contributed by atoms with Gasteiger partial charge in [0.15, 0.2) is 23.3 Å². The highest BCUT2D eigenvalue weighted by Gasteiger charge is 2.34. The molecule has 0 heterocycles. The lowest BCUT2D eigenvalue weighted by Gasteiger charge is -2.18. The molecule has 0 amide bonds. The Kier molecular flexibility index (Phi) is 4.45. The lowest BCUT2D eigenvalue weighted by Crippen LogP contribution is -2.29. The van der Waals surface area contributed by atoms with E-state index in [1.54, 1.807) is 0 Å². The van der Waals surface area contributed by atoms with E-state index in [4.69, 9.17) is 15.9 Å². The van der Waals surface area contributed by atoms with Crippen LogP contribution in [0.3, 0.4) is 0 Å². The van der Waals surface area contributed by atoms with E-state index < -0.39 is 59.1 Å². The molecule has 0 bridgehead atoms. The first-order chi connectivity index (χ1) is 8.73. The minimum absolute atomic E-state index is 0.635. The molecule has 106 valence electrons. The first-order valence-electron chi connectivity index (χ1n) is 4.89. The van der Waals surface area contributed by atoms with Crippen LogP contribution in [0, 0.1) is 23.3 Å². The van der Waals surface area contributed by atoms with Crippen LogP contribution in [0.4, 0.5) is 17.6 Å². The molecule has 0 fully saturated rings. The van der Waals surface area contributed by atoms with E-state index in [2.05, 4.69) is 0 Å². The van der Waals surface area contributed by atoms with Crippen LogP contribution in [0.1, 0.15) is 22.0 Å². The highest BCUT2D eigenvalue weighted by molar-refractivity contribution is 5.88. The van der Waals surface area contributed by atoms with Crippen LogP contribution < -0.4 is 5.73 Å². The molecule has 0 aliphatic heterocycles. The molecule has 1 aromatic rings. The Morgan fingerprint density at radius 1 is 1.05 bits per heavy atom. The summed E-state index contributed by atoms with van der Waals surface area (Å²) >= 11 is 0. The average molecular weight is 283 g/mol. The first kappa shape index (κ1) is 15.3. The van der Waals surface area contributed by atoms with Crippen LogP contribution in [-0.4, -0.2) is 33.9 Å². The van der Waals surface area contributed by atoms with Crippen LogP contribution in [0.5, 0.6) is 0 Å². The number of halogens is 4. The summed E-state index contributed by atoms with van der Waals surface area (Å²) in [5.74, 6) is -10.8. The molecule has 0 radical (unpaired) electrons. The van der Waals surface area contributed by atoms with Gasteiger partial charge in [-0.05, 0) is 0 Å². The van der Waals surface area contributed by atoms with Crippen molar-refractivity contribution in [1.82, 2.24) is 0 Å². The van der Waals surface area contributed by atoms with Gasteiger partial charge in [-0.2, -0.15) is 0 Å². The van der Waals surface area contributed by atoms with Crippen molar-refractivity contribution in [2.45, 2.75) is 12.2 Å². The molecule has 0 saturated heterocycles. The van der Waals surface area contributed by atoms with Crippen LogP contribution in [0.2, 0.25) is 0 Å². The predicted molar refractivity (Wildman–Crippen MR) is 53.3 cm³/mol.